The number of carbonyl (C=O) groups excluding carboxylic acids is 2. The molecule has 8 nitrogen and oxygen atoms in total. The highest BCUT2D eigenvalue weighted by molar-refractivity contribution is 9.10. The van der Waals surface area contributed by atoms with Crippen molar-refractivity contribution in [3.63, 3.8) is 0 Å². The van der Waals surface area contributed by atoms with Crippen LogP contribution < -0.4 is 15.6 Å². The van der Waals surface area contributed by atoms with E-state index in [-0.39, 0.29) is 18.3 Å². The molecule has 0 radical (unpaired) electrons. The molecule has 0 spiro atoms. The first-order chi connectivity index (χ1) is 15.0. The molecular formula is C21H18BrN5O3S. The number of aryl methyl sites for hydroxylation is 1. The van der Waals surface area contributed by atoms with Crippen LogP contribution in [0.2, 0.25) is 0 Å². The van der Waals surface area contributed by atoms with Crippen molar-refractivity contribution in [2.24, 2.45) is 0 Å². The maximum Gasteiger partial charge on any atom is 0.276 e. The number of thioether (sulfide) groups is 1. The van der Waals surface area contributed by atoms with Crippen molar-refractivity contribution in [3.8, 4) is 5.75 Å². The second-order valence-corrected chi connectivity index (χ2v) is 8.51. The van der Waals surface area contributed by atoms with Gasteiger partial charge in [0.05, 0.1) is 11.3 Å². The number of hydrazine groups is 1. The minimum atomic E-state index is -0.462. The van der Waals surface area contributed by atoms with E-state index in [1.54, 1.807) is 12.1 Å². The number of aromatic nitrogens is 3. The first-order valence-electron chi connectivity index (χ1n) is 9.33. The second-order valence-electron chi connectivity index (χ2n) is 6.65. The van der Waals surface area contributed by atoms with Gasteiger partial charge in [-0.15, -0.1) is 10.2 Å². The van der Waals surface area contributed by atoms with E-state index >= 15 is 0 Å². The molecule has 2 N–H and O–H groups in total. The van der Waals surface area contributed by atoms with E-state index in [0.29, 0.717) is 10.9 Å². The Morgan fingerprint density at radius 1 is 1.06 bits per heavy atom. The largest absolute Gasteiger partial charge is 0.484 e. The lowest BCUT2D eigenvalue weighted by atomic mass is 10.1. The van der Waals surface area contributed by atoms with Crippen LogP contribution in [0.5, 0.6) is 5.75 Å². The molecule has 2 aromatic heterocycles. The number of rotatable bonds is 6. The minimum absolute atomic E-state index is 0.0663. The first-order valence-corrected chi connectivity index (χ1v) is 11.1. The Hall–Kier alpha value is -3.11. The standard InChI is InChI=1S/C21H18BrN5O3S/c1-13-10-18-23-26-21(27(18)17-5-3-2-4-16(13)17)31-12-20(29)25-24-19(28)11-30-15-8-6-14(22)7-9-15/h2-10H,11-12H2,1H3,(H,24,28)(H,25,29). The van der Waals surface area contributed by atoms with Crippen molar-refractivity contribution in [1.82, 2.24) is 25.4 Å². The predicted octanol–water partition coefficient (Wildman–Crippen LogP) is 3.27. The van der Waals surface area contributed by atoms with Crippen LogP contribution in [0.25, 0.3) is 16.6 Å². The molecule has 31 heavy (non-hydrogen) atoms. The summed E-state index contributed by atoms with van der Waals surface area (Å²) in [5.74, 6) is -0.205. The normalized spacial score (nSPS) is 10.9. The van der Waals surface area contributed by atoms with Gasteiger partial charge in [-0.1, -0.05) is 45.9 Å². The van der Waals surface area contributed by atoms with Gasteiger partial charge in [0, 0.05) is 9.86 Å². The van der Waals surface area contributed by atoms with Crippen molar-refractivity contribution in [1.29, 1.82) is 0 Å². The lowest BCUT2D eigenvalue weighted by molar-refractivity contribution is -0.128. The van der Waals surface area contributed by atoms with Crippen LogP contribution in [0.3, 0.4) is 0 Å². The van der Waals surface area contributed by atoms with Gasteiger partial charge in [-0.2, -0.15) is 0 Å². The summed E-state index contributed by atoms with van der Waals surface area (Å²) in [5, 5.41) is 10.1. The lowest BCUT2D eigenvalue weighted by Crippen LogP contribution is -2.44. The summed E-state index contributed by atoms with van der Waals surface area (Å²) < 4.78 is 8.20. The number of carbonyl (C=O) groups is 2. The summed E-state index contributed by atoms with van der Waals surface area (Å²) in [4.78, 5) is 24.0. The van der Waals surface area contributed by atoms with Crippen molar-refractivity contribution < 1.29 is 14.3 Å². The molecule has 0 aliphatic carbocycles. The smallest absolute Gasteiger partial charge is 0.276 e. The van der Waals surface area contributed by atoms with E-state index in [0.717, 1.165) is 26.6 Å². The van der Waals surface area contributed by atoms with Gasteiger partial charge in [0.25, 0.3) is 5.91 Å². The van der Waals surface area contributed by atoms with Gasteiger partial charge in [0.15, 0.2) is 17.4 Å². The fourth-order valence-electron chi connectivity index (χ4n) is 2.99. The number of para-hydroxylation sites is 1. The monoisotopic (exact) mass is 499 g/mol. The molecule has 0 saturated heterocycles. The number of hydrogen-bond donors (Lipinski definition) is 2. The molecule has 10 heteroatoms. The number of benzene rings is 2. The molecule has 4 rings (SSSR count). The third-order valence-electron chi connectivity index (χ3n) is 4.43. The number of fused-ring (bicyclic) bond motifs is 3. The molecule has 0 aliphatic rings. The molecule has 0 unspecified atom stereocenters. The Balaban J connectivity index is 1.32. The number of amides is 2. The number of hydrogen-bond acceptors (Lipinski definition) is 6. The Labute approximate surface area is 190 Å². The third kappa shape index (κ3) is 4.97. The number of nitrogens with zero attached hydrogens (tertiary/aromatic N) is 3. The zero-order valence-electron chi connectivity index (χ0n) is 16.5. The molecule has 158 valence electrons. The zero-order chi connectivity index (χ0) is 21.8. The Morgan fingerprint density at radius 3 is 2.61 bits per heavy atom. The van der Waals surface area contributed by atoms with Gasteiger partial charge in [-0.05, 0) is 48.9 Å². The van der Waals surface area contributed by atoms with Crippen molar-refractivity contribution >= 4 is 56.1 Å². The quantitative estimate of drug-likeness (QED) is 0.312. The van der Waals surface area contributed by atoms with E-state index in [9.17, 15) is 9.59 Å². The first kappa shape index (κ1) is 21.1. The maximum absolute atomic E-state index is 12.2. The molecule has 0 bridgehead atoms. The van der Waals surface area contributed by atoms with Crippen LogP contribution in [0, 0.1) is 6.92 Å². The van der Waals surface area contributed by atoms with Crippen LogP contribution in [0.1, 0.15) is 5.56 Å². The summed E-state index contributed by atoms with van der Waals surface area (Å²) in [6, 6.07) is 17.0. The van der Waals surface area contributed by atoms with Gasteiger partial charge in [-0.3, -0.25) is 24.8 Å². The molecule has 4 aromatic rings. The van der Waals surface area contributed by atoms with E-state index < -0.39 is 5.91 Å². The SMILES string of the molecule is Cc1cc2nnc(SCC(=O)NNC(=O)COc3ccc(Br)cc3)n2c2ccccc12. The highest BCUT2D eigenvalue weighted by Crippen LogP contribution is 2.25. The lowest BCUT2D eigenvalue weighted by Gasteiger charge is -2.09. The van der Waals surface area contributed by atoms with E-state index in [2.05, 4.69) is 37.0 Å². The Morgan fingerprint density at radius 2 is 1.81 bits per heavy atom. The Bertz CT molecular complexity index is 1260. The van der Waals surface area contributed by atoms with Gasteiger partial charge in [0.2, 0.25) is 5.91 Å². The topological polar surface area (TPSA) is 97.6 Å². The fraction of sp³-hybridized carbons (Fsp3) is 0.143. The van der Waals surface area contributed by atoms with Gasteiger partial charge >= 0.3 is 0 Å². The fourth-order valence-corrected chi connectivity index (χ4v) is 4.01. The van der Waals surface area contributed by atoms with Crippen LogP contribution in [-0.4, -0.2) is 38.8 Å². The number of ether oxygens (including phenoxy) is 1. The molecule has 0 aliphatic heterocycles. The summed E-state index contributed by atoms with van der Waals surface area (Å²) in [5.41, 5.74) is 7.52. The van der Waals surface area contributed by atoms with Crippen LogP contribution in [0.15, 0.2) is 64.2 Å². The number of pyridine rings is 1. The number of nitrogens with one attached hydrogen (secondary N) is 2. The maximum atomic E-state index is 12.2. The molecule has 2 aromatic carbocycles. The van der Waals surface area contributed by atoms with E-state index in [4.69, 9.17) is 4.74 Å². The van der Waals surface area contributed by atoms with E-state index in [1.807, 2.05) is 53.8 Å². The van der Waals surface area contributed by atoms with Gasteiger partial charge in [-0.25, -0.2) is 0 Å². The Kier molecular flexibility index (Phi) is 6.38. The highest BCUT2D eigenvalue weighted by Gasteiger charge is 2.13. The van der Waals surface area contributed by atoms with Crippen molar-refractivity contribution in [2.75, 3.05) is 12.4 Å². The molecular weight excluding hydrogens is 482 g/mol. The summed E-state index contributed by atoms with van der Waals surface area (Å²) in [6.45, 7) is 1.82. The summed E-state index contributed by atoms with van der Waals surface area (Å²) in [6.07, 6.45) is 0. The highest BCUT2D eigenvalue weighted by atomic mass is 79.9. The van der Waals surface area contributed by atoms with Crippen molar-refractivity contribution in [3.05, 3.63) is 64.6 Å². The average Bonchev–Trinajstić information content (AvgIpc) is 3.19. The predicted molar refractivity (Wildman–Crippen MR) is 122 cm³/mol. The van der Waals surface area contributed by atoms with Crippen molar-refractivity contribution in [2.45, 2.75) is 12.1 Å². The van der Waals surface area contributed by atoms with E-state index in [1.165, 1.54) is 11.8 Å². The minimum Gasteiger partial charge on any atom is -0.484 e. The van der Waals surface area contributed by atoms with Crippen LogP contribution >= 0.6 is 27.7 Å². The average molecular weight is 500 g/mol. The summed E-state index contributed by atoms with van der Waals surface area (Å²) in [7, 11) is 0. The molecule has 0 saturated carbocycles. The second kappa shape index (κ2) is 9.36. The molecule has 2 amide bonds. The summed E-state index contributed by atoms with van der Waals surface area (Å²) >= 11 is 4.57. The molecule has 0 atom stereocenters. The van der Waals surface area contributed by atoms with Gasteiger partial charge in [0.1, 0.15) is 5.75 Å². The molecule has 0 fully saturated rings. The van der Waals surface area contributed by atoms with Crippen LogP contribution in [-0.2, 0) is 9.59 Å². The zero-order valence-corrected chi connectivity index (χ0v) is 18.9. The number of halogens is 1. The van der Waals surface area contributed by atoms with Gasteiger partial charge < -0.3 is 4.74 Å². The molecule has 2 heterocycles. The van der Waals surface area contributed by atoms with Crippen LogP contribution in [0.4, 0.5) is 0 Å². The third-order valence-corrected chi connectivity index (χ3v) is 5.89.